The van der Waals surface area contributed by atoms with Crippen molar-refractivity contribution in [1.82, 2.24) is 4.98 Å². The lowest BCUT2D eigenvalue weighted by molar-refractivity contribution is -0.117. The molecule has 3 aromatic rings. The lowest BCUT2D eigenvalue weighted by Crippen LogP contribution is -1.95. The Morgan fingerprint density at radius 2 is 2.14 bits per heavy atom. The van der Waals surface area contributed by atoms with Gasteiger partial charge in [0.2, 0.25) is 5.88 Å². The first-order valence-corrected chi connectivity index (χ1v) is 7.72. The normalized spacial score (nSPS) is 11.5. The van der Waals surface area contributed by atoms with E-state index < -0.39 is 0 Å². The fourth-order valence-corrected chi connectivity index (χ4v) is 2.98. The van der Waals surface area contributed by atoms with E-state index in [4.69, 9.17) is 0 Å². The number of thiophene rings is 1. The molecule has 2 heterocycles. The van der Waals surface area contributed by atoms with Crippen LogP contribution in [-0.2, 0) is 11.2 Å². The maximum Gasteiger partial charge on any atom is 0.269 e. The number of hydrogen-bond acceptors (Lipinski definition) is 4. The standard InChI is InChI=1S/C16H15N3O2S/c1-9-5-6-12-14(10(9)2)17-16(21)15(12)19-18-13(20)8-11-4-3-7-22-11/h3-7,17,21H,8H2,1-2H3. The van der Waals surface area contributed by atoms with Gasteiger partial charge in [-0.05, 0) is 36.4 Å². The fourth-order valence-electron chi connectivity index (χ4n) is 2.28. The topological polar surface area (TPSA) is 77.8 Å². The highest BCUT2D eigenvalue weighted by molar-refractivity contribution is 7.10. The van der Waals surface area contributed by atoms with Gasteiger partial charge in [0.15, 0.2) is 5.69 Å². The zero-order chi connectivity index (χ0) is 15.7. The number of carbonyl (C=O) groups excluding carboxylic acids is 1. The Kier molecular flexibility index (Phi) is 3.77. The summed E-state index contributed by atoms with van der Waals surface area (Å²) in [6, 6.07) is 7.60. The van der Waals surface area contributed by atoms with Crippen LogP contribution in [-0.4, -0.2) is 16.0 Å². The van der Waals surface area contributed by atoms with E-state index in [-0.39, 0.29) is 18.2 Å². The first-order chi connectivity index (χ1) is 10.6. The van der Waals surface area contributed by atoms with Crippen LogP contribution in [0, 0.1) is 13.8 Å². The summed E-state index contributed by atoms with van der Waals surface area (Å²) >= 11 is 1.51. The number of aromatic nitrogens is 1. The van der Waals surface area contributed by atoms with Crippen molar-refractivity contribution in [2.45, 2.75) is 20.3 Å². The molecule has 5 nitrogen and oxygen atoms in total. The molecule has 0 spiro atoms. The van der Waals surface area contributed by atoms with Crippen molar-refractivity contribution in [1.29, 1.82) is 0 Å². The molecule has 1 amide bonds. The van der Waals surface area contributed by atoms with Crippen LogP contribution in [0.2, 0.25) is 0 Å². The lowest BCUT2D eigenvalue weighted by Gasteiger charge is -2.00. The number of rotatable bonds is 3. The summed E-state index contributed by atoms with van der Waals surface area (Å²) < 4.78 is 0. The monoisotopic (exact) mass is 313 g/mol. The largest absolute Gasteiger partial charge is 0.493 e. The molecule has 2 N–H and O–H groups in total. The molecule has 6 heteroatoms. The summed E-state index contributed by atoms with van der Waals surface area (Å²) in [5, 5.41) is 20.3. The van der Waals surface area contributed by atoms with Gasteiger partial charge in [0.1, 0.15) is 0 Å². The smallest absolute Gasteiger partial charge is 0.269 e. The van der Waals surface area contributed by atoms with Crippen LogP contribution in [0.1, 0.15) is 16.0 Å². The number of amides is 1. The average molecular weight is 313 g/mol. The molecule has 0 atom stereocenters. The Labute approximate surface area is 131 Å². The van der Waals surface area contributed by atoms with Crippen molar-refractivity contribution in [2.75, 3.05) is 0 Å². The first kappa shape index (κ1) is 14.5. The molecule has 0 unspecified atom stereocenters. The van der Waals surface area contributed by atoms with E-state index in [1.165, 1.54) is 11.3 Å². The highest BCUT2D eigenvalue weighted by Crippen LogP contribution is 2.37. The fraction of sp³-hybridized carbons (Fsp3) is 0.188. The molecule has 0 bridgehead atoms. The summed E-state index contributed by atoms with van der Waals surface area (Å²) in [7, 11) is 0. The lowest BCUT2D eigenvalue weighted by atomic mass is 10.1. The maximum absolute atomic E-state index is 11.8. The Balaban J connectivity index is 1.90. The number of aromatic amines is 1. The van der Waals surface area contributed by atoms with E-state index in [0.717, 1.165) is 26.9 Å². The van der Waals surface area contributed by atoms with Gasteiger partial charge >= 0.3 is 0 Å². The molecule has 0 aliphatic rings. The molecule has 0 saturated carbocycles. The van der Waals surface area contributed by atoms with Gasteiger partial charge in [-0.3, -0.25) is 4.79 Å². The van der Waals surface area contributed by atoms with Gasteiger partial charge in [0.05, 0.1) is 11.9 Å². The van der Waals surface area contributed by atoms with E-state index in [0.29, 0.717) is 5.69 Å². The number of hydrogen-bond donors (Lipinski definition) is 2. The first-order valence-electron chi connectivity index (χ1n) is 6.84. The molecular weight excluding hydrogens is 298 g/mol. The molecule has 112 valence electrons. The summed E-state index contributed by atoms with van der Waals surface area (Å²) in [6.45, 7) is 3.97. The number of nitrogens with zero attached hydrogens (tertiary/aromatic N) is 2. The van der Waals surface area contributed by atoms with E-state index in [2.05, 4.69) is 15.2 Å². The minimum Gasteiger partial charge on any atom is -0.493 e. The Morgan fingerprint density at radius 3 is 2.86 bits per heavy atom. The summed E-state index contributed by atoms with van der Waals surface area (Å²) in [6.07, 6.45) is 0.225. The number of fused-ring (bicyclic) bond motifs is 1. The third-order valence-electron chi connectivity index (χ3n) is 3.63. The average Bonchev–Trinajstić information content (AvgIpc) is 3.09. The van der Waals surface area contributed by atoms with Crippen molar-refractivity contribution < 1.29 is 9.90 Å². The molecule has 1 aromatic carbocycles. The SMILES string of the molecule is Cc1ccc2c(N=NC(=O)Cc3cccs3)c(O)[nH]c2c1C. The molecular formula is C16H15N3O2S. The highest BCUT2D eigenvalue weighted by Gasteiger charge is 2.13. The summed E-state index contributed by atoms with van der Waals surface area (Å²) in [5.41, 5.74) is 3.28. The number of azo groups is 1. The van der Waals surface area contributed by atoms with Gasteiger partial charge in [0, 0.05) is 10.3 Å². The van der Waals surface area contributed by atoms with Crippen molar-refractivity contribution in [3.63, 3.8) is 0 Å². The molecule has 0 radical (unpaired) electrons. The minimum absolute atomic E-state index is 0.0728. The van der Waals surface area contributed by atoms with E-state index in [9.17, 15) is 9.90 Å². The van der Waals surface area contributed by atoms with Crippen LogP contribution in [0.4, 0.5) is 5.69 Å². The predicted molar refractivity (Wildman–Crippen MR) is 87.0 cm³/mol. The van der Waals surface area contributed by atoms with Crippen LogP contribution in [0.25, 0.3) is 10.9 Å². The van der Waals surface area contributed by atoms with Crippen molar-refractivity contribution in [2.24, 2.45) is 10.2 Å². The zero-order valence-electron chi connectivity index (χ0n) is 12.3. The van der Waals surface area contributed by atoms with E-state index in [1.807, 2.05) is 43.5 Å². The van der Waals surface area contributed by atoms with Gasteiger partial charge in [-0.1, -0.05) is 18.2 Å². The van der Waals surface area contributed by atoms with Crippen LogP contribution in [0.3, 0.4) is 0 Å². The van der Waals surface area contributed by atoms with Gasteiger partial charge in [0.25, 0.3) is 5.91 Å². The number of carbonyl (C=O) groups is 1. The molecule has 0 fully saturated rings. The second kappa shape index (κ2) is 5.73. The number of aryl methyl sites for hydroxylation is 2. The van der Waals surface area contributed by atoms with Crippen molar-refractivity contribution in [3.05, 3.63) is 45.6 Å². The van der Waals surface area contributed by atoms with Crippen molar-refractivity contribution in [3.8, 4) is 5.88 Å². The van der Waals surface area contributed by atoms with E-state index >= 15 is 0 Å². The molecule has 0 saturated heterocycles. The van der Waals surface area contributed by atoms with Gasteiger partial charge in [-0.25, -0.2) is 0 Å². The Hall–Kier alpha value is -2.47. The second-order valence-corrected chi connectivity index (χ2v) is 6.13. The third kappa shape index (κ3) is 2.65. The quantitative estimate of drug-likeness (QED) is 0.703. The van der Waals surface area contributed by atoms with Gasteiger partial charge in [-0.2, -0.15) is 0 Å². The van der Waals surface area contributed by atoms with Gasteiger partial charge < -0.3 is 10.1 Å². The van der Waals surface area contributed by atoms with Crippen LogP contribution >= 0.6 is 11.3 Å². The van der Waals surface area contributed by atoms with Gasteiger partial charge in [-0.15, -0.1) is 21.6 Å². The number of nitrogens with one attached hydrogen (secondary N) is 1. The van der Waals surface area contributed by atoms with Crippen LogP contribution in [0.5, 0.6) is 5.88 Å². The maximum atomic E-state index is 11.8. The molecule has 22 heavy (non-hydrogen) atoms. The predicted octanol–water partition coefficient (Wildman–Crippen LogP) is 4.40. The second-order valence-electron chi connectivity index (χ2n) is 5.10. The molecule has 0 aliphatic carbocycles. The van der Waals surface area contributed by atoms with Crippen molar-refractivity contribution >= 4 is 33.8 Å². The van der Waals surface area contributed by atoms with Crippen LogP contribution in [0.15, 0.2) is 39.9 Å². The number of H-pyrrole nitrogens is 1. The highest BCUT2D eigenvalue weighted by atomic mass is 32.1. The van der Waals surface area contributed by atoms with E-state index in [1.54, 1.807) is 0 Å². The number of benzene rings is 1. The van der Waals surface area contributed by atoms with Crippen LogP contribution < -0.4 is 0 Å². The Morgan fingerprint density at radius 1 is 1.32 bits per heavy atom. The minimum atomic E-state index is -0.333. The zero-order valence-corrected chi connectivity index (χ0v) is 13.1. The Bertz CT molecular complexity index is 863. The summed E-state index contributed by atoms with van der Waals surface area (Å²) in [4.78, 5) is 15.7. The third-order valence-corrected chi connectivity index (χ3v) is 4.50. The summed E-state index contributed by atoms with van der Waals surface area (Å²) in [5.74, 6) is -0.406. The molecule has 2 aromatic heterocycles. The number of aromatic hydroxyl groups is 1. The molecule has 0 aliphatic heterocycles. The molecule has 3 rings (SSSR count).